The molecule has 0 spiro atoms. The lowest BCUT2D eigenvalue weighted by Gasteiger charge is -2.21. The van der Waals surface area contributed by atoms with Crippen LogP contribution in [0.5, 0.6) is 0 Å². The van der Waals surface area contributed by atoms with E-state index in [4.69, 9.17) is 0 Å². The number of benzene rings is 1. The van der Waals surface area contributed by atoms with Crippen LogP contribution in [0.1, 0.15) is 29.2 Å². The molecule has 0 fully saturated rings. The fourth-order valence-corrected chi connectivity index (χ4v) is 4.25. The van der Waals surface area contributed by atoms with E-state index >= 15 is 0 Å². The van der Waals surface area contributed by atoms with Crippen molar-refractivity contribution in [2.45, 2.75) is 27.7 Å². The number of hydrogen-bond donors (Lipinski definition) is 0. The van der Waals surface area contributed by atoms with Gasteiger partial charge in [0.1, 0.15) is 0 Å². The van der Waals surface area contributed by atoms with Crippen LogP contribution in [0, 0.1) is 30.9 Å². The van der Waals surface area contributed by atoms with Gasteiger partial charge in [-0.15, -0.1) is 0 Å². The van der Waals surface area contributed by atoms with E-state index in [2.05, 4.69) is 47.8 Å². The molecule has 126 valence electrons. The monoisotopic (exact) mass is 519 g/mol. The first-order valence-electron chi connectivity index (χ1n) is 6.81. The number of nitro groups is 1. The Hall–Kier alpha value is -1.12. The number of carbonyl (C=O) groups excluding carboxylic acids is 2. The van der Waals surface area contributed by atoms with Crippen LogP contribution in [0.2, 0.25) is 0 Å². The highest BCUT2D eigenvalue weighted by molar-refractivity contribution is 9.12. The molecule has 1 aromatic rings. The Morgan fingerprint density at radius 3 is 1.88 bits per heavy atom. The van der Waals surface area contributed by atoms with Crippen LogP contribution in [0.25, 0.3) is 5.57 Å². The van der Waals surface area contributed by atoms with Crippen LogP contribution in [0.3, 0.4) is 0 Å². The zero-order valence-corrected chi connectivity index (χ0v) is 18.0. The third-order valence-corrected chi connectivity index (χ3v) is 6.97. The number of nitrogens with zero attached hydrogens (tertiary/aromatic N) is 1. The second kappa shape index (κ2) is 6.65. The summed E-state index contributed by atoms with van der Waals surface area (Å²) in [5.74, 6) is -0.704. The maximum atomic E-state index is 12.7. The summed E-state index contributed by atoms with van der Waals surface area (Å²) in [7, 11) is 0. The van der Waals surface area contributed by atoms with Gasteiger partial charge in [0.15, 0.2) is 5.78 Å². The zero-order chi connectivity index (χ0) is 18.5. The molecule has 2 rings (SSSR count). The van der Waals surface area contributed by atoms with Crippen LogP contribution in [0.4, 0.5) is 5.69 Å². The largest absolute Gasteiger partial charge is 0.288 e. The first-order chi connectivity index (χ1) is 11.0. The van der Waals surface area contributed by atoms with Crippen LogP contribution < -0.4 is 0 Å². The van der Waals surface area contributed by atoms with Gasteiger partial charge in [0, 0.05) is 32.3 Å². The first kappa shape index (κ1) is 19.2. The van der Waals surface area contributed by atoms with Crippen LogP contribution in [-0.2, 0) is 9.59 Å². The van der Waals surface area contributed by atoms with Gasteiger partial charge in [0.25, 0.3) is 5.69 Å². The van der Waals surface area contributed by atoms with Gasteiger partial charge < -0.3 is 0 Å². The number of halogens is 3. The summed E-state index contributed by atoms with van der Waals surface area (Å²) in [5.41, 5.74) is 2.26. The number of carbonyl (C=O) groups is 2. The summed E-state index contributed by atoms with van der Waals surface area (Å²) in [6.45, 7) is 6.54. The Morgan fingerprint density at radius 2 is 1.38 bits per heavy atom. The Balaban J connectivity index is 2.95. The van der Waals surface area contributed by atoms with E-state index in [1.165, 1.54) is 0 Å². The molecule has 1 aromatic carbocycles. The van der Waals surface area contributed by atoms with Crippen LogP contribution in [-0.4, -0.2) is 16.5 Å². The SMILES string of the molecule is CC1=C(Br)C(=O)C(c2c(C)c(Br)c(C)c([N+](=O)[O-])c2C)=C(Br)C1=O. The van der Waals surface area contributed by atoms with Crippen molar-refractivity contribution in [1.82, 2.24) is 0 Å². The van der Waals surface area contributed by atoms with Crippen molar-refractivity contribution in [2.24, 2.45) is 0 Å². The van der Waals surface area contributed by atoms with E-state index in [0.29, 0.717) is 32.3 Å². The Labute approximate surface area is 163 Å². The summed E-state index contributed by atoms with van der Waals surface area (Å²) in [5, 5.41) is 11.5. The predicted octanol–water partition coefficient (Wildman–Crippen LogP) is 5.21. The van der Waals surface area contributed by atoms with Crippen LogP contribution in [0.15, 0.2) is 19.0 Å². The molecule has 0 atom stereocenters. The standard InChI is InChI=1S/C16H12Br3NO4/c1-5-9(6(2)14(20(23)24)7(3)11(5)17)10-13(19)15(21)8(4)12(18)16(10)22/h1-4H3. The van der Waals surface area contributed by atoms with Crippen molar-refractivity contribution < 1.29 is 14.5 Å². The van der Waals surface area contributed by atoms with Gasteiger partial charge in [0.2, 0.25) is 5.78 Å². The number of Topliss-reactive ketones (excluding diaryl/α,β-unsaturated/α-hetero) is 2. The van der Waals surface area contributed by atoms with Crippen LogP contribution >= 0.6 is 47.8 Å². The normalized spacial score (nSPS) is 15.5. The molecule has 0 bridgehead atoms. The molecule has 0 heterocycles. The molecule has 0 amide bonds. The highest BCUT2D eigenvalue weighted by atomic mass is 79.9. The van der Waals surface area contributed by atoms with Crippen molar-refractivity contribution in [1.29, 1.82) is 0 Å². The molecule has 5 nitrogen and oxygen atoms in total. The van der Waals surface area contributed by atoms with E-state index < -0.39 is 4.92 Å². The van der Waals surface area contributed by atoms with E-state index in [-0.39, 0.29) is 31.8 Å². The fourth-order valence-electron chi connectivity index (χ4n) is 2.81. The summed E-state index contributed by atoms with van der Waals surface area (Å²) in [4.78, 5) is 36.1. The van der Waals surface area contributed by atoms with Gasteiger partial charge in [-0.25, -0.2) is 0 Å². The summed E-state index contributed by atoms with van der Waals surface area (Å²) in [6, 6.07) is 0. The maximum Gasteiger partial charge on any atom is 0.276 e. The molecule has 0 unspecified atom stereocenters. The van der Waals surface area contributed by atoms with Gasteiger partial charge in [-0.05, 0) is 81.0 Å². The van der Waals surface area contributed by atoms with Crippen molar-refractivity contribution in [3.63, 3.8) is 0 Å². The lowest BCUT2D eigenvalue weighted by molar-refractivity contribution is -0.386. The van der Waals surface area contributed by atoms with E-state index in [0.717, 1.165) is 0 Å². The van der Waals surface area contributed by atoms with Gasteiger partial charge in [-0.1, -0.05) is 0 Å². The Kier molecular flexibility index (Phi) is 5.32. The number of ketones is 2. The molecule has 8 heteroatoms. The Morgan fingerprint density at radius 1 is 0.833 bits per heavy atom. The molecule has 0 N–H and O–H groups in total. The highest BCUT2D eigenvalue weighted by Gasteiger charge is 2.35. The lowest BCUT2D eigenvalue weighted by Crippen LogP contribution is -2.19. The summed E-state index contributed by atoms with van der Waals surface area (Å²) < 4.78 is 0.832. The molecule has 1 aliphatic carbocycles. The molecule has 0 saturated heterocycles. The molecule has 0 aromatic heterocycles. The predicted molar refractivity (Wildman–Crippen MR) is 102 cm³/mol. The van der Waals surface area contributed by atoms with Gasteiger partial charge in [0.05, 0.1) is 13.9 Å². The average molecular weight is 522 g/mol. The minimum Gasteiger partial charge on any atom is -0.288 e. The molecule has 0 aliphatic heterocycles. The highest BCUT2D eigenvalue weighted by Crippen LogP contribution is 2.44. The minimum absolute atomic E-state index is 0.0714. The second-order valence-corrected chi connectivity index (χ2v) is 7.83. The lowest BCUT2D eigenvalue weighted by atomic mass is 9.86. The average Bonchev–Trinajstić information content (AvgIpc) is 2.52. The fraction of sp³-hybridized carbons (Fsp3) is 0.250. The zero-order valence-electron chi connectivity index (χ0n) is 13.2. The quantitative estimate of drug-likeness (QED) is 0.304. The number of allylic oxidation sites excluding steroid dienone is 4. The molecule has 24 heavy (non-hydrogen) atoms. The molecular formula is C16H12Br3NO4. The smallest absolute Gasteiger partial charge is 0.276 e. The molecule has 1 aliphatic rings. The topological polar surface area (TPSA) is 77.3 Å². The molecular weight excluding hydrogens is 510 g/mol. The van der Waals surface area contributed by atoms with Crippen molar-refractivity contribution in [3.05, 3.63) is 51.4 Å². The second-order valence-electron chi connectivity index (χ2n) is 5.46. The summed E-state index contributed by atoms with van der Waals surface area (Å²) in [6.07, 6.45) is 0. The van der Waals surface area contributed by atoms with E-state index in [9.17, 15) is 19.7 Å². The number of nitro benzene ring substituents is 1. The molecule has 0 radical (unpaired) electrons. The third kappa shape index (κ3) is 2.74. The Bertz CT molecular complexity index is 897. The first-order valence-corrected chi connectivity index (χ1v) is 9.19. The minimum atomic E-state index is -0.474. The van der Waals surface area contributed by atoms with Gasteiger partial charge >= 0.3 is 0 Å². The maximum absolute atomic E-state index is 12.7. The van der Waals surface area contributed by atoms with E-state index in [1.807, 2.05) is 0 Å². The molecule has 0 saturated carbocycles. The van der Waals surface area contributed by atoms with Crippen molar-refractivity contribution >= 4 is 70.6 Å². The number of hydrogen-bond acceptors (Lipinski definition) is 4. The van der Waals surface area contributed by atoms with E-state index in [1.54, 1.807) is 27.7 Å². The van der Waals surface area contributed by atoms with Crippen molar-refractivity contribution in [3.8, 4) is 0 Å². The van der Waals surface area contributed by atoms with Gasteiger partial charge in [-0.3, -0.25) is 19.7 Å². The third-order valence-electron chi connectivity index (χ3n) is 4.07. The summed E-state index contributed by atoms with van der Waals surface area (Å²) >= 11 is 9.74. The van der Waals surface area contributed by atoms with Crippen molar-refractivity contribution in [2.75, 3.05) is 0 Å². The van der Waals surface area contributed by atoms with Gasteiger partial charge in [-0.2, -0.15) is 0 Å². The number of rotatable bonds is 2.